The Morgan fingerprint density at radius 2 is 1.92 bits per heavy atom. The van der Waals surface area contributed by atoms with Gasteiger partial charge >= 0.3 is 0 Å². The number of hydrogen-bond donors (Lipinski definition) is 1. The van der Waals surface area contributed by atoms with Crippen LogP contribution >= 0.6 is 0 Å². The van der Waals surface area contributed by atoms with Crippen molar-refractivity contribution in [3.63, 3.8) is 0 Å². The lowest BCUT2D eigenvalue weighted by molar-refractivity contribution is 0.398. The van der Waals surface area contributed by atoms with E-state index in [9.17, 15) is 4.21 Å². The van der Waals surface area contributed by atoms with Crippen molar-refractivity contribution in [1.82, 2.24) is 5.32 Å². The van der Waals surface area contributed by atoms with Gasteiger partial charge in [0.2, 0.25) is 0 Å². The molecule has 1 fully saturated rings. The van der Waals surface area contributed by atoms with Crippen molar-refractivity contribution >= 4 is 10.8 Å². The van der Waals surface area contributed by atoms with Crippen LogP contribution in [0.2, 0.25) is 0 Å². The van der Waals surface area contributed by atoms with Gasteiger partial charge < -0.3 is 5.32 Å². The Hall–Kier alpha value is 0.110. The van der Waals surface area contributed by atoms with E-state index < -0.39 is 10.8 Å². The SMILES string of the molecule is CNC1CCCCC1S(=O)C(C)C. The van der Waals surface area contributed by atoms with E-state index in [-0.39, 0.29) is 0 Å². The summed E-state index contributed by atoms with van der Waals surface area (Å²) in [4.78, 5) is 0. The van der Waals surface area contributed by atoms with Crippen molar-refractivity contribution in [2.75, 3.05) is 7.05 Å². The second-order valence-electron chi connectivity index (χ2n) is 4.10. The molecule has 0 heterocycles. The first kappa shape index (κ1) is 11.2. The third-order valence-electron chi connectivity index (χ3n) is 2.84. The Morgan fingerprint density at radius 1 is 1.31 bits per heavy atom. The van der Waals surface area contributed by atoms with Crippen LogP contribution in [0, 0.1) is 0 Å². The minimum absolute atomic E-state index is 0.305. The molecule has 0 radical (unpaired) electrons. The van der Waals surface area contributed by atoms with E-state index in [1.54, 1.807) is 0 Å². The lowest BCUT2D eigenvalue weighted by atomic mass is 9.95. The van der Waals surface area contributed by atoms with Gasteiger partial charge in [-0.15, -0.1) is 0 Å². The van der Waals surface area contributed by atoms with Gasteiger partial charge in [0.25, 0.3) is 0 Å². The monoisotopic (exact) mass is 203 g/mol. The lowest BCUT2D eigenvalue weighted by Crippen LogP contribution is -2.44. The molecule has 13 heavy (non-hydrogen) atoms. The van der Waals surface area contributed by atoms with Crippen LogP contribution in [0.1, 0.15) is 39.5 Å². The Morgan fingerprint density at radius 3 is 2.46 bits per heavy atom. The van der Waals surface area contributed by atoms with Gasteiger partial charge in [-0.2, -0.15) is 0 Å². The second kappa shape index (κ2) is 5.11. The summed E-state index contributed by atoms with van der Waals surface area (Å²) >= 11 is 0. The fourth-order valence-electron chi connectivity index (χ4n) is 2.05. The summed E-state index contributed by atoms with van der Waals surface area (Å²) in [6.45, 7) is 4.11. The summed E-state index contributed by atoms with van der Waals surface area (Å²) < 4.78 is 11.9. The van der Waals surface area contributed by atoms with Crippen LogP contribution in [0.25, 0.3) is 0 Å². The highest BCUT2D eigenvalue weighted by Gasteiger charge is 2.29. The Kier molecular flexibility index (Phi) is 4.39. The number of nitrogens with one attached hydrogen (secondary N) is 1. The van der Waals surface area contributed by atoms with E-state index in [1.807, 2.05) is 7.05 Å². The number of hydrogen-bond acceptors (Lipinski definition) is 2. The molecule has 1 saturated carbocycles. The molecule has 1 aliphatic rings. The summed E-state index contributed by atoms with van der Waals surface area (Å²) in [7, 11) is 1.34. The van der Waals surface area contributed by atoms with E-state index in [4.69, 9.17) is 0 Å². The molecule has 1 N–H and O–H groups in total. The third-order valence-corrected chi connectivity index (χ3v) is 4.93. The molecule has 0 saturated heterocycles. The lowest BCUT2D eigenvalue weighted by Gasteiger charge is -2.31. The average molecular weight is 203 g/mol. The van der Waals surface area contributed by atoms with Crippen molar-refractivity contribution in [3.8, 4) is 0 Å². The summed E-state index contributed by atoms with van der Waals surface area (Å²) in [6, 6.07) is 0.483. The van der Waals surface area contributed by atoms with Crippen LogP contribution in [0.3, 0.4) is 0 Å². The van der Waals surface area contributed by atoms with Crippen LogP contribution in [-0.2, 0) is 10.8 Å². The zero-order valence-corrected chi connectivity index (χ0v) is 9.69. The van der Waals surface area contributed by atoms with E-state index >= 15 is 0 Å². The van der Waals surface area contributed by atoms with Gasteiger partial charge in [0.15, 0.2) is 0 Å². The molecule has 1 aliphatic carbocycles. The van der Waals surface area contributed by atoms with Crippen LogP contribution in [0.5, 0.6) is 0 Å². The smallest absolute Gasteiger partial charge is 0.0503 e. The molecule has 3 unspecified atom stereocenters. The van der Waals surface area contributed by atoms with Crippen LogP contribution < -0.4 is 5.32 Å². The molecule has 0 bridgehead atoms. The van der Waals surface area contributed by atoms with Gasteiger partial charge in [-0.1, -0.05) is 26.7 Å². The topological polar surface area (TPSA) is 29.1 Å². The molecule has 0 aromatic rings. The molecule has 0 aromatic carbocycles. The van der Waals surface area contributed by atoms with Crippen LogP contribution in [-0.4, -0.2) is 27.8 Å². The first-order valence-corrected chi connectivity index (χ1v) is 6.51. The molecule has 0 spiro atoms. The van der Waals surface area contributed by atoms with Crippen molar-refractivity contribution in [3.05, 3.63) is 0 Å². The highest BCUT2D eigenvalue weighted by molar-refractivity contribution is 7.86. The Balaban J connectivity index is 2.58. The van der Waals surface area contributed by atoms with E-state index in [2.05, 4.69) is 19.2 Å². The van der Waals surface area contributed by atoms with Crippen molar-refractivity contribution in [1.29, 1.82) is 0 Å². The first-order valence-electron chi connectivity index (χ1n) is 5.23. The van der Waals surface area contributed by atoms with Gasteiger partial charge in [-0.25, -0.2) is 0 Å². The summed E-state index contributed by atoms with van der Waals surface area (Å²) in [6.07, 6.45) is 4.87. The molecule has 0 amide bonds. The van der Waals surface area contributed by atoms with Crippen LogP contribution in [0.4, 0.5) is 0 Å². The van der Waals surface area contributed by atoms with Gasteiger partial charge in [0.05, 0.1) is 5.25 Å². The van der Waals surface area contributed by atoms with Crippen molar-refractivity contribution in [2.24, 2.45) is 0 Å². The quantitative estimate of drug-likeness (QED) is 0.756. The standard InChI is InChI=1S/C10H21NOS/c1-8(2)13(12)10-7-5-4-6-9(10)11-3/h8-11H,4-7H2,1-3H3. The summed E-state index contributed by atoms with van der Waals surface area (Å²) in [5.41, 5.74) is 0. The van der Waals surface area contributed by atoms with Crippen LogP contribution in [0.15, 0.2) is 0 Å². The van der Waals surface area contributed by atoms with Gasteiger partial charge in [0.1, 0.15) is 0 Å². The van der Waals surface area contributed by atoms with Crippen molar-refractivity contribution in [2.45, 2.75) is 56.1 Å². The third kappa shape index (κ3) is 2.78. The molecule has 2 nitrogen and oxygen atoms in total. The molecule has 1 rings (SSSR count). The molecule has 3 heteroatoms. The zero-order chi connectivity index (χ0) is 9.84. The maximum atomic E-state index is 11.9. The Bertz CT molecular complexity index is 182. The van der Waals surface area contributed by atoms with E-state index in [0.29, 0.717) is 16.5 Å². The first-order chi connectivity index (χ1) is 6.16. The molecule has 0 aliphatic heterocycles. The maximum absolute atomic E-state index is 11.9. The predicted molar refractivity (Wildman–Crippen MR) is 58.4 cm³/mol. The minimum Gasteiger partial charge on any atom is -0.316 e. The fourth-order valence-corrected chi connectivity index (χ4v) is 3.75. The predicted octanol–water partition coefficient (Wildman–Crippen LogP) is 1.67. The highest BCUT2D eigenvalue weighted by atomic mass is 32.2. The van der Waals surface area contributed by atoms with Gasteiger partial charge in [0, 0.05) is 22.1 Å². The highest BCUT2D eigenvalue weighted by Crippen LogP contribution is 2.24. The second-order valence-corrected chi connectivity index (χ2v) is 6.30. The molecule has 0 aromatic heterocycles. The molecular formula is C10H21NOS. The zero-order valence-electron chi connectivity index (χ0n) is 8.88. The van der Waals surface area contributed by atoms with Gasteiger partial charge in [-0.05, 0) is 19.9 Å². The van der Waals surface area contributed by atoms with Crippen molar-refractivity contribution < 1.29 is 4.21 Å². The largest absolute Gasteiger partial charge is 0.316 e. The van der Waals surface area contributed by atoms with Gasteiger partial charge in [-0.3, -0.25) is 4.21 Å². The van der Waals surface area contributed by atoms with E-state index in [0.717, 1.165) is 6.42 Å². The molecule has 3 atom stereocenters. The minimum atomic E-state index is -0.651. The number of rotatable bonds is 3. The fraction of sp³-hybridized carbons (Fsp3) is 1.00. The normalized spacial score (nSPS) is 32.0. The summed E-state index contributed by atoms with van der Waals surface area (Å²) in [5.74, 6) is 0. The average Bonchev–Trinajstić information content (AvgIpc) is 2.16. The van der Waals surface area contributed by atoms with E-state index in [1.165, 1.54) is 19.3 Å². The maximum Gasteiger partial charge on any atom is 0.0503 e. The molecular weight excluding hydrogens is 182 g/mol. The Labute approximate surface area is 83.9 Å². The molecule has 78 valence electrons. The summed E-state index contributed by atoms with van der Waals surface area (Å²) in [5, 5.41) is 3.99.